The molecule has 0 aromatic carbocycles. The van der Waals surface area contributed by atoms with E-state index in [2.05, 4.69) is 23.4 Å². The summed E-state index contributed by atoms with van der Waals surface area (Å²) in [5, 5.41) is 8.02. The smallest absolute Gasteiger partial charge is 0.0762 e. The second-order valence-electron chi connectivity index (χ2n) is 5.17. The zero-order valence-corrected chi connectivity index (χ0v) is 10.4. The van der Waals surface area contributed by atoms with Gasteiger partial charge in [-0.3, -0.25) is 4.68 Å². The monoisotopic (exact) mass is 221 g/mol. The van der Waals surface area contributed by atoms with Crippen LogP contribution in [0.5, 0.6) is 0 Å². The summed E-state index contributed by atoms with van der Waals surface area (Å²) in [5.41, 5.74) is 1.15. The lowest BCUT2D eigenvalue weighted by atomic mass is 10.0. The topological polar surface area (TPSA) is 29.9 Å². The van der Waals surface area contributed by atoms with Gasteiger partial charge in [0.25, 0.3) is 0 Å². The largest absolute Gasteiger partial charge is 0.308 e. The van der Waals surface area contributed by atoms with Crippen LogP contribution in [0.1, 0.15) is 44.7 Å². The average molecular weight is 221 g/mol. The van der Waals surface area contributed by atoms with Crippen LogP contribution in [0.3, 0.4) is 0 Å². The van der Waals surface area contributed by atoms with Gasteiger partial charge in [0.1, 0.15) is 0 Å². The Bertz CT molecular complexity index is 319. The minimum Gasteiger partial charge on any atom is -0.308 e. The van der Waals surface area contributed by atoms with Gasteiger partial charge in [0.2, 0.25) is 0 Å². The minimum atomic E-state index is 0.701. The zero-order chi connectivity index (χ0) is 11.4. The third kappa shape index (κ3) is 3.34. The van der Waals surface area contributed by atoms with Crippen LogP contribution in [0.15, 0.2) is 12.3 Å². The molecule has 1 aliphatic rings. The maximum absolute atomic E-state index is 4.39. The Morgan fingerprint density at radius 3 is 3.00 bits per heavy atom. The molecule has 0 aliphatic heterocycles. The molecule has 2 unspecified atom stereocenters. The summed E-state index contributed by atoms with van der Waals surface area (Å²) in [5.74, 6) is 0.918. The van der Waals surface area contributed by atoms with Crippen LogP contribution in [0.4, 0.5) is 0 Å². The summed E-state index contributed by atoms with van der Waals surface area (Å²) >= 11 is 0. The van der Waals surface area contributed by atoms with Crippen LogP contribution < -0.4 is 5.32 Å². The molecule has 1 heterocycles. The van der Waals surface area contributed by atoms with Gasteiger partial charge in [-0.2, -0.15) is 5.10 Å². The fourth-order valence-corrected chi connectivity index (χ4v) is 2.50. The highest BCUT2D eigenvalue weighted by Crippen LogP contribution is 2.22. The molecule has 1 N–H and O–H groups in total. The zero-order valence-electron chi connectivity index (χ0n) is 10.4. The van der Waals surface area contributed by atoms with Crippen LogP contribution in [0, 0.1) is 5.92 Å². The number of aryl methyl sites for hydroxylation is 1. The van der Waals surface area contributed by atoms with E-state index >= 15 is 0 Å². The fraction of sp³-hybridized carbons (Fsp3) is 0.769. The van der Waals surface area contributed by atoms with E-state index in [1.54, 1.807) is 0 Å². The summed E-state index contributed by atoms with van der Waals surface area (Å²) in [6.45, 7) is 3.29. The van der Waals surface area contributed by atoms with Gasteiger partial charge in [-0.1, -0.05) is 19.8 Å². The lowest BCUT2D eigenvalue weighted by Gasteiger charge is -2.15. The SMILES string of the molecule is CC1CCCC(NCc2ccn(C)n2)CC1. The van der Waals surface area contributed by atoms with E-state index in [4.69, 9.17) is 0 Å². The molecule has 3 heteroatoms. The summed E-state index contributed by atoms with van der Waals surface area (Å²) in [6.07, 6.45) is 8.82. The highest BCUT2D eigenvalue weighted by atomic mass is 15.3. The van der Waals surface area contributed by atoms with Crippen LogP contribution >= 0.6 is 0 Å². The molecule has 1 fully saturated rings. The van der Waals surface area contributed by atoms with Gasteiger partial charge in [0.15, 0.2) is 0 Å². The van der Waals surface area contributed by atoms with Gasteiger partial charge in [0, 0.05) is 25.8 Å². The van der Waals surface area contributed by atoms with Crippen molar-refractivity contribution in [1.82, 2.24) is 15.1 Å². The van der Waals surface area contributed by atoms with E-state index in [0.717, 1.165) is 18.2 Å². The van der Waals surface area contributed by atoms with Crippen molar-refractivity contribution in [1.29, 1.82) is 0 Å². The van der Waals surface area contributed by atoms with Gasteiger partial charge in [-0.05, 0) is 31.2 Å². The molecular formula is C13H23N3. The van der Waals surface area contributed by atoms with Crippen LogP contribution in [-0.4, -0.2) is 15.8 Å². The van der Waals surface area contributed by atoms with E-state index in [-0.39, 0.29) is 0 Å². The number of nitrogens with one attached hydrogen (secondary N) is 1. The molecule has 90 valence electrons. The van der Waals surface area contributed by atoms with Crippen molar-refractivity contribution in [2.45, 2.75) is 51.6 Å². The summed E-state index contributed by atoms with van der Waals surface area (Å²) in [7, 11) is 1.97. The molecule has 0 spiro atoms. The molecule has 0 radical (unpaired) electrons. The molecule has 2 rings (SSSR count). The first-order chi connectivity index (χ1) is 7.74. The van der Waals surface area contributed by atoms with E-state index in [0.29, 0.717) is 6.04 Å². The van der Waals surface area contributed by atoms with Gasteiger partial charge < -0.3 is 5.32 Å². The standard InChI is InChI=1S/C13H23N3/c1-11-4-3-5-12(7-6-11)14-10-13-8-9-16(2)15-13/h8-9,11-12,14H,3-7,10H2,1-2H3. The first-order valence-electron chi connectivity index (χ1n) is 6.46. The predicted molar refractivity (Wildman–Crippen MR) is 66.1 cm³/mol. The normalized spacial score (nSPS) is 26.6. The van der Waals surface area contributed by atoms with Gasteiger partial charge >= 0.3 is 0 Å². The molecule has 0 amide bonds. The van der Waals surface area contributed by atoms with Gasteiger partial charge in [0.05, 0.1) is 5.69 Å². The van der Waals surface area contributed by atoms with E-state index in [1.807, 2.05) is 17.9 Å². The van der Waals surface area contributed by atoms with Crippen molar-refractivity contribution in [3.8, 4) is 0 Å². The van der Waals surface area contributed by atoms with E-state index in [9.17, 15) is 0 Å². The highest BCUT2D eigenvalue weighted by molar-refractivity contribution is 4.98. The fourth-order valence-electron chi connectivity index (χ4n) is 2.50. The van der Waals surface area contributed by atoms with E-state index < -0.39 is 0 Å². The van der Waals surface area contributed by atoms with Gasteiger partial charge in [-0.15, -0.1) is 0 Å². The Hall–Kier alpha value is -0.830. The highest BCUT2D eigenvalue weighted by Gasteiger charge is 2.15. The van der Waals surface area contributed by atoms with Crippen molar-refractivity contribution >= 4 is 0 Å². The molecule has 16 heavy (non-hydrogen) atoms. The Balaban J connectivity index is 1.77. The Morgan fingerprint density at radius 2 is 2.25 bits per heavy atom. The van der Waals surface area contributed by atoms with Crippen molar-refractivity contribution in [2.75, 3.05) is 0 Å². The number of nitrogens with zero attached hydrogens (tertiary/aromatic N) is 2. The van der Waals surface area contributed by atoms with Crippen molar-refractivity contribution in [3.05, 3.63) is 18.0 Å². The second-order valence-corrected chi connectivity index (χ2v) is 5.17. The number of hydrogen-bond acceptors (Lipinski definition) is 2. The molecule has 0 bridgehead atoms. The maximum Gasteiger partial charge on any atom is 0.0762 e. The first kappa shape index (κ1) is 11.6. The molecule has 1 saturated carbocycles. The quantitative estimate of drug-likeness (QED) is 0.795. The third-order valence-electron chi connectivity index (χ3n) is 3.60. The average Bonchev–Trinajstić information content (AvgIpc) is 2.56. The van der Waals surface area contributed by atoms with E-state index in [1.165, 1.54) is 32.1 Å². The summed E-state index contributed by atoms with van der Waals surface area (Å²) < 4.78 is 1.87. The van der Waals surface area contributed by atoms with Crippen molar-refractivity contribution in [3.63, 3.8) is 0 Å². The molecule has 2 atom stereocenters. The van der Waals surface area contributed by atoms with Crippen LogP contribution in [0.25, 0.3) is 0 Å². The Morgan fingerprint density at radius 1 is 1.38 bits per heavy atom. The molecule has 1 aromatic rings. The third-order valence-corrected chi connectivity index (χ3v) is 3.60. The number of aromatic nitrogens is 2. The predicted octanol–water partition coefficient (Wildman–Crippen LogP) is 2.48. The molecule has 1 aromatic heterocycles. The molecule has 0 saturated heterocycles. The van der Waals surface area contributed by atoms with Gasteiger partial charge in [-0.25, -0.2) is 0 Å². The van der Waals surface area contributed by atoms with Crippen molar-refractivity contribution in [2.24, 2.45) is 13.0 Å². The summed E-state index contributed by atoms with van der Waals surface area (Å²) in [4.78, 5) is 0. The maximum atomic E-state index is 4.39. The van der Waals surface area contributed by atoms with Crippen LogP contribution in [-0.2, 0) is 13.6 Å². The molecule has 3 nitrogen and oxygen atoms in total. The lowest BCUT2D eigenvalue weighted by Crippen LogP contribution is -2.28. The molecule has 1 aliphatic carbocycles. The Kier molecular flexibility index (Phi) is 3.99. The minimum absolute atomic E-state index is 0.701. The Labute approximate surface area is 98.2 Å². The second kappa shape index (κ2) is 5.48. The molecular weight excluding hydrogens is 198 g/mol. The number of rotatable bonds is 3. The summed E-state index contributed by atoms with van der Waals surface area (Å²) in [6, 6.07) is 2.79. The number of hydrogen-bond donors (Lipinski definition) is 1. The van der Waals surface area contributed by atoms with Crippen molar-refractivity contribution < 1.29 is 0 Å². The first-order valence-corrected chi connectivity index (χ1v) is 6.46. The van der Waals surface area contributed by atoms with Crippen LogP contribution in [0.2, 0.25) is 0 Å². The lowest BCUT2D eigenvalue weighted by molar-refractivity contribution is 0.444.